The van der Waals surface area contributed by atoms with Gasteiger partial charge in [-0.15, -0.1) is 11.3 Å². The number of aryl methyl sites for hydroxylation is 2. The number of thiophene rings is 1. The second-order valence-electron chi connectivity index (χ2n) is 4.23. The van der Waals surface area contributed by atoms with Crippen LogP contribution in [0.2, 0.25) is 0 Å². The Bertz CT molecular complexity index is 661. The molecule has 2 heterocycles. The molecule has 1 amide bonds. The van der Waals surface area contributed by atoms with Crippen LogP contribution in [0.25, 0.3) is 0 Å². The number of carbonyl (C=O) groups is 2. The van der Waals surface area contributed by atoms with Gasteiger partial charge in [0.2, 0.25) is 0 Å². The summed E-state index contributed by atoms with van der Waals surface area (Å²) in [4.78, 5) is 23.8. The number of amides is 1. The van der Waals surface area contributed by atoms with Crippen LogP contribution in [0.15, 0.2) is 16.0 Å². The van der Waals surface area contributed by atoms with Gasteiger partial charge in [0.05, 0.1) is 12.8 Å². The van der Waals surface area contributed by atoms with Crippen LogP contribution in [0, 0.1) is 13.8 Å². The molecule has 0 aliphatic carbocycles. The molecule has 112 valence electrons. The van der Waals surface area contributed by atoms with Gasteiger partial charge in [-0.05, 0) is 29.9 Å². The molecule has 2 aromatic rings. The van der Waals surface area contributed by atoms with E-state index in [-0.39, 0.29) is 12.5 Å². The Morgan fingerprint density at radius 1 is 1.43 bits per heavy atom. The minimum atomic E-state index is -0.489. The van der Waals surface area contributed by atoms with Crippen LogP contribution in [0.5, 0.6) is 5.88 Å². The lowest BCUT2D eigenvalue weighted by molar-refractivity contribution is -0.118. The quantitative estimate of drug-likeness (QED) is 0.851. The maximum Gasteiger partial charge on any atom is 0.350 e. The summed E-state index contributed by atoms with van der Waals surface area (Å²) in [5.41, 5.74) is 1.22. The number of ether oxygens (including phenoxy) is 2. The van der Waals surface area contributed by atoms with E-state index in [9.17, 15) is 9.59 Å². The van der Waals surface area contributed by atoms with Crippen LogP contribution in [0.4, 0.5) is 5.69 Å². The maximum absolute atomic E-state index is 11.9. The van der Waals surface area contributed by atoms with Crippen LogP contribution in [0.3, 0.4) is 0 Å². The molecule has 0 unspecified atom stereocenters. The summed E-state index contributed by atoms with van der Waals surface area (Å²) in [5, 5.41) is 8.02. The highest BCUT2D eigenvalue weighted by Gasteiger charge is 2.19. The normalized spacial score (nSPS) is 10.2. The standard InChI is InChI=1S/C13H14N2O5S/c1-7-6-21-12(13(17)18-3)11(7)14-9(16)5-19-10-4-8(2)20-15-10/h4,6H,5H2,1-3H3,(H,14,16). The molecule has 0 aliphatic heterocycles. The van der Waals surface area contributed by atoms with Gasteiger partial charge in [0.15, 0.2) is 6.61 Å². The molecule has 0 saturated carbocycles. The fraction of sp³-hybridized carbons (Fsp3) is 0.308. The predicted octanol–water partition coefficient (Wildman–Crippen LogP) is 2.16. The molecular formula is C13H14N2O5S. The summed E-state index contributed by atoms with van der Waals surface area (Å²) in [6.45, 7) is 3.28. The van der Waals surface area contributed by atoms with Gasteiger partial charge in [-0.3, -0.25) is 4.79 Å². The zero-order chi connectivity index (χ0) is 15.4. The lowest BCUT2D eigenvalue weighted by Crippen LogP contribution is -2.21. The van der Waals surface area contributed by atoms with Crippen molar-refractivity contribution in [3.05, 3.63) is 27.6 Å². The van der Waals surface area contributed by atoms with Crippen molar-refractivity contribution in [3.8, 4) is 5.88 Å². The Balaban J connectivity index is 1.99. The molecule has 7 nitrogen and oxygen atoms in total. The number of nitrogens with zero attached hydrogens (tertiary/aromatic N) is 1. The number of hydrogen-bond acceptors (Lipinski definition) is 7. The molecule has 1 N–H and O–H groups in total. The Hall–Kier alpha value is -2.35. The molecule has 0 radical (unpaired) electrons. The molecular weight excluding hydrogens is 296 g/mol. The van der Waals surface area contributed by atoms with E-state index in [0.717, 1.165) is 5.56 Å². The Kier molecular flexibility index (Phi) is 4.59. The summed E-state index contributed by atoms with van der Waals surface area (Å²) in [7, 11) is 1.29. The van der Waals surface area contributed by atoms with Gasteiger partial charge in [0.25, 0.3) is 11.8 Å². The minimum absolute atomic E-state index is 0.234. The van der Waals surface area contributed by atoms with Gasteiger partial charge >= 0.3 is 5.97 Å². The number of hydrogen-bond donors (Lipinski definition) is 1. The highest BCUT2D eigenvalue weighted by atomic mass is 32.1. The first-order chi connectivity index (χ1) is 10.0. The largest absolute Gasteiger partial charge is 0.465 e. The Morgan fingerprint density at radius 2 is 2.19 bits per heavy atom. The molecule has 0 aliphatic rings. The summed E-state index contributed by atoms with van der Waals surface area (Å²) in [5.74, 6) is -0.0660. The summed E-state index contributed by atoms with van der Waals surface area (Å²) < 4.78 is 14.7. The van der Waals surface area contributed by atoms with E-state index in [4.69, 9.17) is 9.26 Å². The van der Waals surface area contributed by atoms with E-state index in [0.29, 0.717) is 16.3 Å². The fourth-order valence-electron chi connectivity index (χ4n) is 1.57. The topological polar surface area (TPSA) is 90.7 Å². The van der Waals surface area contributed by atoms with Crippen molar-refractivity contribution in [2.24, 2.45) is 0 Å². The van der Waals surface area contributed by atoms with E-state index in [2.05, 4.69) is 15.2 Å². The Morgan fingerprint density at radius 3 is 2.81 bits per heavy atom. The number of esters is 1. The van der Waals surface area contributed by atoms with Crippen molar-refractivity contribution in [2.45, 2.75) is 13.8 Å². The molecule has 2 rings (SSSR count). The van der Waals surface area contributed by atoms with Crippen molar-refractivity contribution in [3.63, 3.8) is 0 Å². The maximum atomic E-state index is 11.9. The van der Waals surface area contributed by atoms with Crippen LogP contribution in [-0.2, 0) is 9.53 Å². The molecule has 0 aromatic carbocycles. The third kappa shape index (κ3) is 3.60. The lowest BCUT2D eigenvalue weighted by atomic mass is 10.2. The lowest BCUT2D eigenvalue weighted by Gasteiger charge is -2.07. The van der Waals surface area contributed by atoms with E-state index < -0.39 is 11.9 Å². The molecule has 0 atom stereocenters. The van der Waals surface area contributed by atoms with E-state index in [1.54, 1.807) is 25.3 Å². The molecule has 8 heteroatoms. The Labute approximate surface area is 124 Å². The average Bonchev–Trinajstić information content (AvgIpc) is 3.03. The minimum Gasteiger partial charge on any atom is -0.465 e. The van der Waals surface area contributed by atoms with Crippen molar-refractivity contribution >= 4 is 28.9 Å². The van der Waals surface area contributed by atoms with E-state index >= 15 is 0 Å². The first-order valence-corrected chi connectivity index (χ1v) is 6.91. The summed E-state index contributed by atoms with van der Waals surface area (Å²) in [6, 6.07) is 1.57. The fourth-order valence-corrected chi connectivity index (χ4v) is 2.49. The molecule has 2 aromatic heterocycles. The zero-order valence-electron chi connectivity index (χ0n) is 11.8. The molecule has 0 saturated heterocycles. The van der Waals surface area contributed by atoms with E-state index in [1.165, 1.54) is 18.4 Å². The van der Waals surface area contributed by atoms with Crippen molar-refractivity contribution in [2.75, 3.05) is 19.0 Å². The number of anilines is 1. The van der Waals surface area contributed by atoms with Crippen LogP contribution < -0.4 is 10.1 Å². The van der Waals surface area contributed by atoms with Gasteiger partial charge < -0.3 is 19.3 Å². The smallest absolute Gasteiger partial charge is 0.350 e. The third-order valence-corrected chi connectivity index (χ3v) is 3.65. The first-order valence-electron chi connectivity index (χ1n) is 6.03. The number of rotatable bonds is 5. The van der Waals surface area contributed by atoms with Crippen molar-refractivity contribution < 1.29 is 23.6 Å². The summed E-state index contributed by atoms with van der Waals surface area (Å²) >= 11 is 1.21. The second kappa shape index (κ2) is 6.40. The number of aromatic nitrogens is 1. The summed E-state index contributed by atoms with van der Waals surface area (Å²) in [6.07, 6.45) is 0. The number of methoxy groups -OCH3 is 1. The molecule has 0 fully saturated rings. The van der Waals surface area contributed by atoms with Gasteiger partial charge in [-0.25, -0.2) is 4.79 Å². The molecule has 0 spiro atoms. The first kappa shape index (κ1) is 15.0. The predicted molar refractivity (Wildman–Crippen MR) is 75.8 cm³/mol. The van der Waals surface area contributed by atoms with Crippen LogP contribution in [0.1, 0.15) is 21.0 Å². The van der Waals surface area contributed by atoms with E-state index in [1.807, 2.05) is 0 Å². The number of nitrogens with one attached hydrogen (secondary N) is 1. The highest BCUT2D eigenvalue weighted by molar-refractivity contribution is 7.12. The van der Waals surface area contributed by atoms with Crippen LogP contribution >= 0.6 is 11.3 Å². The molecule has 0 bridgehead atoms. The van der Waals surface area contributed by atoms with Gasteiger partial charge in [0.1, 0.15) is 10.6 Å². The van der Waals surface area contributed by atoms with Gasteiger partial charge in [-0.2, -0.15) is 0 Å². The van der Waals surface area contributed by atoms with Gasteiger partial charge in [0, 0.05) is 6.07 Å². The third-order valence-electron chi connectivity index (χ3n) is 2.57. The molecule has 21 heavy (non-hydrogen) atoms. The monoisotopic (exact) mass is 310 g/mol. The second-order valence-corrected chi connectivity index (χ2v) is 5.11. The number of carbonyl (C=O) groups excluding carboxylic acids is 2. The average molecular weight is 310 g/mol. The zero-order valence-corrected chi connectivity index (χ0v) is 12.6. The van der Waals surface area contributed by atoms with Crippen molar-refractivity contribution in [1.82, 2.24) is 5.16 Å². The SMILES string of the molecule is COC(=O)c1scc(C)c1NC(=O)COc1cc(C)on1. The highest BCUT2D eigenvalue weighted by Crippen LogP contribution is 2.28. The van der Waals surface area contributed by atoms with Crippen LogP contribution in [-0.4, -0.2) is 30.7 Å². The van der Waals surface area contributed by atoms with Gasteiger partial charge in [-0.1, -0.05) is 0 Å². The van der Waals surface area contributed by atoms with Crippen molar-refractivity contribution in [1.29, 1.82) is 0 Å².